The number of aldehydes is 1. The Hall–Kier alpha value is -4.75. The van der Waals surface area contributed by atoms with Crippen molar-refractivity contribution in [3.8, 4) is 11.3 Å². The molecular formula is C34H39Cl2N9O3. The Bertz CT molecular complexity index is 1760. The van der Waals surface area contributed by atoms with Gasteiger partial charge >= 0.3 is 0 Å². The molecule has 0 saturated carbocycles. The van der Waals surface area contributed by atoms with E-state index in [4.69, 9.17) is 34.8 Å². The van der Waals surface area contributed by atoms with Gasteiger partial charge in [-0.05, 0) is 74.5 Å². The molecule has 0 fully saturated rings. The lowest BCUT2D eigenvalue weighted by Crippen LogP contribution is -2.37. The predicted octanol–water partition coefficient (Wildman–Crippen LogP) is 4.41. The van der Waals surface area contributed by atoms with Crippen LogP contribution in [-0.4, -0.2) is 52.9 Å². The quantitative estimate of drug-likeness (QED) is 0.0351. The van der Waals surface area contributed by atoms with Gasteiger partial charge in [0.15, 0.2) is 0 Å². The summed E-state index contributed by atoms with van der Waals surface area (Å²) in [6.07, 6.45) is 10.1. The molecule has 2 heterocycles. The highest BCUT2D eigenvalue weighted by Gasteiger charge is 2.19. The number of carbonyl (C=O) groups is 2. The fourth-order valence-electron chi connectivity index (χ4n) is 5.20. The molecule has 48 heavy (non-hydrogen) atoms. The Balaban J connectivity index is 1.61. The van der Waals surface area contributed by atoms with Crippen molar-refractivity contribution in [1.82, 2.24) is 25.2 Å². The molecule has 0 aliphatic carbocycles. The molecule has 0 radical (unpaired) electrons. The first-order chi connectivity index (χ1) is 23.2. The van der Waals surface area contributed by atoms with Crippen LogP contribution in [0.5, 0.6) is 0 Å². The van der Waals surface area contributed by atoms with Crippen LogP contribution in [0.4, 0.5) is 11.4 Å². The smallest absolute Gasteiger partial charge is 0.254 e. The lowest BCUT2D eigenvalue weighted by molar-refractivity contribution is -0.108. The van der Waals surface area contributed by atoms with Crippen LogP contribution in [-0.2, 0) is 4.79 Å². The van der Waals surface area contributed by atoms with Crippen LogP contribution in [0.3, 0.4) is 0 Å². The fourth-order valence-corrected chi connectivity index (χ4v) is 5.48. The minimum Gasteiger partial charge on any atom is -0.388 e. The van der Waals surface area contributed by atoms with Gasteiger partial charge in [0.1, 0.15) is 11.4 Å². The molecule has 12 nitrogen and oxygen atoms in total. The fraction of sp³-hybridized carbons (Fsp3) is 0.265. The maximum absolute atomic E-state index is 13.8. The van der Waals surface area contributed by atoms with Gasteiger partial charge in [-0.25, -0.2) is 10.8 Å². The minimum absolute atomic E-state index is 0.0231. The zero-order valence-corrected chi connectivity index (χ0v) is 28.0. The third-order valence-electron chi connectivity index (χ3n) is 7.55. The van der Waals surface area contributed by atoms with Gasteiger partial charge < -0.3 is 26.5 Å². The van der Waals surface area contributed by atoms with E-state index in [9.17, 15) is 14.4 Å². The molecule has 2 atom stereocenters. The summed E-state index contributed by atoms with van der Waals surface area (Å²) in [5.41, 5.74) is 8.64. The molecule has 2 aromatic heterocycles. The maximum Gasteiger partial charge on any atom is 0.254 e. The molecule has 252 valence electrons. The van der Waals surface area contributed by atoms with Gasteiger partial charge in [-0.3, -0.25) is 24.1 Å². The zero-order valence-electron chi connectivity index (χ0n) is 26.5. The highest BCUT2D eigenvalue weighted by Crippen LogP contribution is 2.32. The summed E-state index contributed by atoms with van der Waals surface area (Å²) in [6, 6.07) is 16.3. The second kappa shape index (κ2) is 18.0. The number of anilines is 2. The van der Waals surface area contributed by atoms with Crippen LogP contribution in [0.25, 0.3) is 11.3 Å². The topological polar surface area (TPSA) is 173 Å². The van der Waals surface area contributed by atoms with Gasteiger partial charge in [-0.1, -0.05) is 48.2 Å². The number of benzene rings is 2. The van der Waals surface area contributed by atoms with Crippen LogP contribution in [0.1, 0.15) is 47.6 Å². The van der Waals surface area contributed by atoms with Crippen molar-refractivity contribution in [1.29, 1.82) is 0 Å². The Labute approximate surface area is 289 Å². The van der Waals surface area contributed by atoms with Crippen molar-refractivity contribution in [3.05, 3.63) is 117 Å². The van der Waals surface area contributed by atoms with Crippen molar-refractivity contribution in [2.75, 3.05) is 30.5 Å². The standard InChI is InChI=1S/C34H39Cl2N9O3/c1-39-13-4-2-3-10-30(23-7-5-9-26(15-23)43-27(21-46)19-41-34(48)24-8-6-14-40-18-24)44-22-42-29(17-33(44)47)28-16-25(35)11-12-31(28)45(38)20-32(36)37/h5-9,11-12,14-18,20-22,27,30,39,43H,2-4,10,13,19,37-38H2,1H3,(H,41,48)/b32-20-. The maximum atomic E-state index is 13.8. The summed E-state index contributed by atoms with van der Waals surface area (Å²) >= 11 is 12.1. The molecule has 4 rings (SSSR count). The number of halogens is 2. The number of carbonyl (C=O) groups excluding carboxylic acids is 2. The summed E-state index contributed by atoms with van der Waals surface area (Å²) < 4.78 is 1.60. The first-order valence-corrected chi connectivity index (χ1v) is 16.1. The average molecular weight is 693 g/mol. The van der Waals surface area contributed by atoms with Crippen molar-refractivity contribution in [2.45, 2.75) is 37.8 Å². The van der Waals surface area contributed by atoms with E-state index in [1.807, 2.05) is 31.3 Å². The highest BCUT2D eigenvalue weighted by atomic mass is 35.5. The van der Waals surface area contributed by atoms with Gasteiger partial charge in [-0.15, -0.1) is 0 Å². The van der Waals surface area contributed by atoms with Gasteiger partial charge in [-0.2, -0.15) is 0 Å². The summed E-state index contributed by atoms with van der Waals surface area (Å²) in [6.45, 7) is 0.968. The van der Waals surface area contributed by atoms with Gasteiger partial charge in [0.2, 0.25) is 0 Å². The summed E-state index contributed by atoms with van der Waals surface area (Å²) in [7, 11) is 1.92. The van der Waals surface area contributed by atoms with Crippen LogP contribution in [0.15, 0.2) is 95.5 Å². The number of unbranched alkanes of at least 4 members (excludes halogenated alkanes) is 2. The number of hydrogen-bond acceptors (Lipinski definition) is 10. The van der Waals surface area contributed by atoms with E-state index in [0.717, 1.165) is 37.7 Å². The third-order valence-corrected chi connectivity index (χ3v) is 7.88. The van der Waals surface area contributed by atoms with E-state index in [0.29, 0.717) is 39.6 Å². The molecule has 14 heteroatoms. The Morgan fingerprint density at radius 2 is 1.94 bits per heavy atom. The largest absolute Gasteiger partial charge is 0.388 e. The molecular weight excluding hydrogens is 653 g/mol. The zero-order chi connectivity index (χ0) is 34.5. The molecule has 7 N–H and O–H groups in total. The number of nitrogens with one attached hydrogen (secondary N) is 3. The molecule has 0 aliphatic heterocycles. The summed E-state index contributed by atoms with van der Waals surface area (Å²) in [5.74, 6) is 5.84. The number of nitrogens with zero attached hydrogens (tertiary/aromatic N) is 4. The first-order valence-electron chi connectivity index (χ1n) is 15.4. The second-order valence-corrected chi connectivity index (χ2v) is 11.9. The number of hydrogen-bond donors (Lipinski definition) is 5. The van der Waals surface area contributed by atoms with Gasteiger partial charge in [0.25, 0.3) is 11.5 Å². The van der Waals surface area contributed by atoms with Crippen LogP contribution in [0, 0.1) is 0 Å². The SMILES string of the molecule is CNCCCCCC(c1cccc(NC(C=O)CNC(=O)c2cccnc2)c1)n1cnc(-c2cc(Cl)ccc2N(N)/C=C(\N)Cl)cc1=O. The number of amides is 1. The number of hydrazine groups is 1. The van der Waals surface area contributed by atoms with Crippen molar-refractivity contribution >= 4 is 46.8 Å². The van der Waals surface area contributed by atoms with Gasteiger partial charge in [0.05, 0.1) is 41.6 Å². The Morgan fingerprint density at radius 1 is 1.10 bits per heavy atom. The number of rotatable bonds is 17. The van der Waals surface area contributed by atoms with Gasteiger partial charge in [0, 0.05) is 41.3 Å². The molecule has 2 unspecified atom stereocenters. The molecule has 0 spiro atoms. The number of aromatic nitrogens is 3. The van der Waals surface area contributed by atoms with Crippen molar-refractivity contribution in [3.63, 3.8) is 0 Å². The molecule has 4 aromatic rings. The van der Waals surface area contributed by atoms with Crippen molar-refractivity contribution < 1.29 is 9.59 Å². The van der Waals surface area contributed by atoms with E-state index in [-0.39, 0.29) is 29.2 Å². The Kier molecular flexibility index (Phi) is 13.5. The van der Waals surface area contributed by atoms with Crippen LogP contribution in [0.2, 0.25) is 5.02 Å². The number of nitrogens with two attached hydrogens (primary N) is 2. The molecule has 2 aromatic carbocycles. The summed E-state index contributed by atoms with van der Waals surface area (Å²) in [4.78, 5) is 46.8. The molecule has 0 saturated heterocycles. The van der Waals surface area contributed by atoms with E-state index < -0.39 is 6.04 Å². The minimum atomic E-state index is -0.692. The second-order valence-electron chi connectivity index (χ2n) is 11.0. The number of pyridine rings is 1. The predicted molar refractivity (Wildman–Crippen MR) is 191 cm³/mol. The summed E-state index contributed by atoms with van der Waals surface area (Å²) in [5, 5.41) is 10.8. The lowest BCUT2D eigenvalue weighted by atomic mass is 9.99. The monoisotopic (exact) mass is 691 g/mol. The van der Waals surface area contributed by atoms with E-state index >= 15 is 0 Å². The Morgan fingerprint density at radius 3 is 2.65 bits per heavy atom. The van der Waals surface area contributed by atoms with E-state index in [1.165, 1.54) is 29.8 Å². The molecule has 1 amide bonds. The van der Waals surface area contributed by atoms with E-state index in [1.54, 1.807) is 41.1 Å². The normalized spacial score (nSPS) is 12.6. The first kappa shape index (κ1) is 36.1. The molecule has 0 aliphatic rings. The molecule has 0 bridgehead atoms. The van der Waals surface area contributed by atoms with Crippen molar-refractivity contribution in [2.24, 2.45) is 11.6 Å². The van der Waals surface area contributed by atoms with Crippen LogP contribution < -0.4 is 38.1 Å². The highest BCUT2D eigenvalue weighted by molar-refractivity contribution is 6.31. The average Bonchev–Trinajstić information content (AvgIpc) is 3.08. The van der Waals surface area contributed by atoms with Crippen LogP contribution >= 0.6 is 23.2 Å². The third kappa shape index (κ3) is 10.1. The van der Waals surface area contributed by atoms with E-state index in [2.05, 4.69) is 25.9 Å². The lowest BCUT2D eigenvalue weighted by Gasteiger charge is -2.23.